The van der Waals surface area contributed by atoms with Gasteiger partial charge in [0.15, 0.2) is 0 Å². The summed E-state index contributed by atoms with van der Waals surface area (Å²) in [5.41, 5.74) is 0.308. The molecule has 0 spiro atoms. The van der Waals surface area contributed by atoms with Crippen LogP contribution in [0.5, 0.6) is 0 Å². The summed E-state index contributed by atoms with van der Waals surface area (Å²) in [4.78, 5) is 35.7. The highest BCUT2D eigenvalue weighted by molar-refractivity contribution is 5.85. The minimum Gasteiger partial charge on any atom is -0.481 e. The van der Waals surface area contributed by atoms with Crippen molar-refractivity contribution in [1.82, 2.24) is 4.90 Å². The van der Waals surface area contributed by atoms with E-state index >= 15 is 0 Å². The van der Waals surface area contributed by atoms with Crippen LogP contribution < -0.4 is 0 Å². The van der Waals surface area contributed by atoms with Gasteiger partial charge in [0.2, 0.25) is 5.91 Å². The van der Waals surface area contributed by atoms with E-state index in [0.717, 1.165) is 25.7 Å². The SMILES string of the molecule is O=C(O)C(CC(=O)N1CCCCCC1)c1ccc([N+](=O)[O-])cc1. The van der Waals surface area contributed by atoms with Crippen molar-refractivity contribution in [2.24, 2.45) is 0 Å². The summed E-state index contributed by atoms with van der Waals surface area (Å²) in [6.07, 6.45) is 3.96. The average Bonchev–Trinajstić information content (AvgIpc) is 2.81. The molecule has 1 heterocycles. The predicted molar refractivity (Wildman–Crippen MR) is 83.1 cm³/mol. The molecular weight excluding hydrogens is 300 g/mol. The maximum Gasteiger partial charge on any atom is 0.311 e. The van der Waals surface area contributed by atoms with Gasteiger partial charge >= 0.3 is 5.97 Å². The first kappa shape index (κ1) is 16.9. The van der Waals surface area contributed by atoms with Crippen LogP contribution in [0.4, 0.5) is 5.69 Å². The Morgan fingerprint density at radius 2 is 1.70 bits per heavy atom. The van der Waals surface area contributed by atoms with Crippen molar-refractivity contribution < 1.29 is 19.6 Å². The molecule has 7 heteroatoms. The Kier molecular flexibility index (Phi) is 5.67. The largest absolute Gasteiger partial charge is 0.481 e. The number of likely N-dealkylation sites (tertiary alicyclic amines) is 1. The van der Waals surface area contributed by atoms with Crippen LogP contribution in [0.3, 0.4) is 0 Å². The molecule has 1 aromatic carbocycles. The Bertz CT molecular complexity index is 577. The Morgan fingerprint density at radius 3 is 2.17 bits per heavy atom. The van der Waals surface area contributed by atoms with Crippen LogP contribution in [0, 0.1) is 10.1 Å². The fourth-order valence-corrected chi connectivity index (χ4v) is 2.80. The number of carboxylic acids is 1. The molecule has 1 aliphatic heterocycles. The van der Waals surface area contributed by atoms with Gasteiger partial charge in [0, 0.05) is 31.6 Å². The Labute approximate surface area is 134 Å². The van der Waals surface area contributed by atoms with Crippen molar-refractivity contribution in [1.29, 1.82) is 0 Å². The highest BCUT2D eigenvalue weighted by atomic mass is 16.6. The number of hydrogen-bond donors (Lipinski definition) is 1. The van der Waals surface area contributed by atoms with E-state index in [1.165, 1.54) is 24.3 Å². The molecule has 1 atom stereocenters. The molecule has 1 fully saturated rings. The van der Waals surface area contributed by atoms with Crippen LogP contribution in [0.15, 0.2) is 24.3 Å². The zero-order valence-electron chi connectivity index (χ0n) is 12.8. The summed E-state index contributed by atoms with van der Waals surface area (Å²) < 4.78 is 0. The molecule has 0 aliphatic carbocycles. The fourth-order valence-electron chi connectivity index (χ4n) is 2.80. The Morgan fingerprint density at radius 1 is 1.13 bits per heavy atom. The third kappa shape index (κ3) is 4.51. The molecule has 1 aromatic rings. The van der Waals surface area contributed by atoms with E-state index in [2.05, 4.69) is 0 Å². The van der Waals surface area contributed by atoms with Gasteiger partial charge in [0.05, 0.1) is 10.8 Å². The maximum absolute atomic E-state index is 12.4. The van der Waals surface area contributed by atoms with Crippen molar-refractivity contribution in [3.8, 4) is 0 Å². The van der Waals surface area contributed by atoms with Gasteiger partial charge in [-0.1, -0.05) is 25.0 Å². The lowest BCUT2D eigenvalue weighted by Crippen LogP contribution is -2.33. The molecule has 23 heavy (non-hydrogen) atoms. The molecule has 0 saturated carbocycles. The van der Waals surface area contributed by atoms with E-state index in [4.69, 9.17) is 0 Å². The molecule has 2 rings (SSSR count). The van der Waals surface area contributed by atoms with E-state index in [-0.39, 0.29) is 18.0 Å². The van der Waals surface area contributed by atoms with Crippen LogP contribution >= 0.6 is 0 Å². The second-order valence-electron chi connectivity index (χ2n) is 5.74. The standard InChI is InChI=1S/C16H20N2O5/c19-15(17-9-3-1-2-4-10-17)11-14(16(20)21)12-5-7-13(8-6-12)18(22)23/h5-8,14H,1-4,9-11H2,(H,20,21). The molecule has 0 bridgehead atoms. The highest BCUT2D eigenvalue weighted by Crippen LogP contribution is 2.24. The molecule has 0 radical (unpaired) electrons. The van der Waals surface area contributed by atoms with E-state index in [0.29, 0.717) is 18.7 Å². The summed E-state index contributed by atoms with van der Waals surface area (Å²) in [5.74, 6) is -2.24. The first-order valence-corrected chi connectivity index (χ1v) is 7.74. The van der Waals surface area contributed by atoms with E-state index in [1.807, 2.05) is 0 Å². The lowest BCUT2D eigenvalue weighted by molar-refractivity contribution is -0.384. The number of benzene rings is 1. The number of nitro groups is 1. The number of non-ortho nitro benzene ring substituents is 1. The second kappa shape index (κ2) is 7.71. The number of nitro benzene ring substituents is 1. The summed E-state index contributed by atoms with van der Waals surface area (Å²) in [7, 11) is 0. The van der Waals surface area contributed by atoms with Crippen LogP contribution in [0.2, 0.25) is 0 Å². The molecule has 0 aromatic heterocycles. The second-order valence-corrected chi connectivity index (χ2v) is 5.74. The van der Waals surface area contributed by atoms with Gasteiger partial charge in [0.1, 0.15) is 0 Å². The Balaban J connectivity index is 2.10. The molecule has 1 unspecified atom stereocenters. The molecule has 1 N–H and O–H groups in total. The van der Waals surface area contributed by atoms with Crippen LogP contribution in [-0.2, 0) is 9.59 Å². The number of hydrogen-bond acceptors (Lipinski definition) is 4. The zero-order chi connectivity index (χ0) is 16.8. The quantitative estimate of drug-likeness (QED) is 0.663. The zero-order valence-corrected chi connectivity index (χ0v) is 12.8. The Hall–Kier alpha value is -2.44. The van der Waals surface area contributed by atoms with E-state index in [1.54, 1.807) is 4.90 Å². The van der Waals surface area contributed by atoms with Crippen LogP contribution in [-0.4, -0.2) is 39.9 Å². The van der Waals surface area contributed by atoms with Gasteiger partial charge in [-0.05, 0) is 18.4 Å². The van der Waals surface area contributed by atoms with Gasteiger partial charge in [-0.2, -0.15) is 0 Å². The minimum absolute atomic E-state index is 0.100. The summed E-state index contributed by atoms with van der Waals surface area (Å²) in [6, 6.07) is 5.35. The number of carboxylic acid groups (broad SMARTS) is 1. The lowest BCUT2D eigenvalue weighted by Gasteiger charge is -2.22. The number of carbonyl (C=O) groups excluding carboxylic acids is 1. The molecule has 124 valence electrons. The monoisotopic (exact) mass is 320 g/mol. The molecule has 7 nitrogen and oxygen atoms in total. The third-order valence-corrected chi connectivity index (χ3v) is 4.14. The lowest BCUT2D eigenvalue weighted by atomic mass is 9.95. The first-order chi connectivity index (χ1) is 11.0. The molecule has 1 saturated heterocycles. The van der Waals surface area contributed by atoms with Crippen LogP contribution in [0.25, 0.3) is 0 Å². The van der Waals surface area contributed by atoms with Gasteiger partial charge in [-0.15, -0.1) is 0 Å². The summed E-state index contributed by atoms with van der Waals surface area (Å²) in [5, 5.41) is 20.1. The van der Waals surface area contributed by atoms with Gasteiger partial charge < -0.3 is 10.0 Å². The normalized spacial score (nSPS) is 16.4. The van der Waals surface area contributed by atoms with Crippen molar-refractivity contribution in [3.63, 3.8) is 0 Å². The molecule has 1 aliphatic rings. The number of nitrogens with zero attached hydrogens (tertiary/aromatic N) is 2. The molecule has 1 amide bonds. The van der Waals surface area contributed by atoms with Crippen molar-refractivity contribution in [2.45, 2.75) is 38.0 Å². The predicted octanol–water partition coefficient (Wildman–Crippen LogP) is 2.56. The maximum atomic E-state index is 12.4. The average molecular weight is 320 g/mol. The number of amides is 1. The van der Waals surface area contributed by atoms with Crippen molar-refractivity contribution >= 4 is 17.6 Å². The molecular formula is C16H20N2O5. The number of carbonyl (C=O) groups is 2. The van der Waals surface area contributed by atoms with Crippen molar-refractivity contribution in [3.05, 3.63) is 39.9 Å². The first-order valence-electron chi connectivity index (χ1n) is 7.74. The number of aliphatic carboxylic acids is 1. The van der Waals surface area contributed by atoms with E-state index < -0.39 is 16.8 Å². The highest BCUT2D eigenvalue weighted by Gasteiger charge is 2.26. The van der Waals surface area contributed by atoms with Crippen molar-refractivity contribution in [2.75, 3.05) is 13.1 Å². The fraction of sp³-hybridized carbons (Fsp3) is 0.500. The van der Waals surface area contributed by atoms with Gasteiger partial charge in [0.25, 0.3) is 5.69 Å². The number of rotatable bonds is 5. The summed E-state index contributed by atoms with van der Waals surface area (Å²) >= 11 is 0. The van der Waals surface area contributed by atoms with Gasteiger partial charge in [-0.25, -0.2) is 0 Å². The van der Waals surface area contributed by atoms with Crippen LogP contribution in [0.1, 0.15) is 43.6 Å². The third-order valence-electron chi connectivity index (χ3n) is 4.14. The smallest absolute Gasteiger partial charge is 0.311 e. The topological polar surface area (TPSA) is 101 Å². The van der Waals surface area contributed by atoms with E-state index in [9.17, 15) is 24.8 Å². The summed E-state index contributed by atoms with van der Waals surface area (Å²) in [6.45, 7) is 1.34. The van der Waals surface area contributed by atoms with Gasteiger partial charge in [-0.3, -0.25) is 19.7 Å². The minimum atomic E-state index is -1.10.